The third-order valence-corrected chi connectivity index (χ3v) is 6.28. The molecule has 1 aromatic carbocycles. The van der Waals surface area contributed by atoms with Gasteiger partial charge in [0.1, 0.15) is 29.6 Å². The molecule has 3 aromatic heterocycles. The van der Waals surface area contributed by atoms with Gasteiger partial charge in [-0.05, 0) is 74.4 Å². The number of carbonyl (C=O) groups is 2. The monoisotopic (exact) mass is 506 g/mol. The van der Waals surface area contributed by atoms with E-state index in [1.165, 1.54) is 23.1 Å². The van der Waals surface area contributed by atoms with Crippen LogP contribution in [0.5, 0.6) is 0 Å². The van der Waals surface area contributed by atoms with Crippen LogP contribution < -0.4 is 10.2 Å². The van der Waals surface area contributed by atoms with Gasteiger partial charge < -0.3 is 14.2 Å². The van der Waals surface area contributed by atoms with Crippen LogP contribution in [0.3, 0.4) is 0 Å². The normalized spacial score (nSPS) is 14.6. The van der Waals surface area contributed by atoms with Crippen LogP contribution in [0.15, 0.2) is 57.4 Å². The number of halogens is 1. The van der Waals surface area contributed by atoms with Crippen molar-refractivity contribution in [1.29, 1.82) is 0 Å². The fraction of sp³-hybridized carbons (Fsp3) is 0.346. The van der Waals surface area contributed by atoms with Crippen LogP contribution in [0, 0.1) is 19.7 Å². The Labute approximate surface area is 212 Å². The zero-order valence-corrected chi connectivity index (χ0v) is 20.6. The Morgan fingerprint density at radius 3 is 2.54 bits per heavy atom. The number of anilines is 1. The first kappa shape index (κ1) is 24.4. The first-order chi connectivity index (χ1) is 17.9. The van der Waals surface area contributed by atoms with Crippen molar-refractivity contribution in [3.05, 3.63) is 71.6 Å². The molecule has 0 spiro atoms. The summed E-state index contributed by atoms with van der Waals surface area (Å²) in [5.74, 6) is 0.664. The molecule has 10 nitrogen and oxygen atoms in total. The molecule has 0 bridgehead atoms. The fourth-order valence-electron chi connectivity index (χ4n) is 4.55. The van der Waals surface area contributed by atoms with E-state index in [9.17, 15) is 14.0 Å². The molecule has 1 N–H and O–H groups in total. The number of aromatic nitrogens is 4. The maximum absolute atomic E-state index is 14.3. The lowest BCUT2D eigenvalue weighted by Gasteiger charge is -2.30. The van der Waals surface area contributed by atoms with Crippen LogP contribution in [0.2, 0.25) is 0 Å². The molecule has 0 aliphatic heterocycles. The molecule has 3 heterocycles. The largest absolute Gasteiger partial charge is 0.464 e. The van der Waals surface area contributed by atoms with E-state index >= 15 is 0 Å². The van der Waals surface area contributed by atoms with Gasteiger partial charge in [0.15, 0.2) is 11.8 Å². The Kier molecular flexibility index (Phi) is 6.85. The smallest absolute Gasteiger partial charge is 0.251 e. The number of tetrazole rings is 1. The summed E-state index contributed by atoms with van der Waals surface area (Å²) in [5, 5.41) is 15.2. The Morgan fingerprint density at radius 1 is 1.11 bits per heavy atom. The number of rotatable bonds is 8. The highest BCUT2D eigenvalue weighted by molar-refractivity contribution is 6.01. The molecule has 1 unspecified atom stereocenters. The number of aryl methyl sites for hydroxylation is 2. The molecule has 0 saturated heterocycles. The molecule has 1 fully saturated rings. The van der Waals surface area contributed by atoms with Crippen molar-refractivity contribution in [3.63, 3.8) is 0 Å². The third-order valence-electron chi connectivity index (χ3n) is 6.28. The maximum Gasteiger partial charge on any atom is 0.251 e. The van der Waals surface area contributed by atoms with Gasteiger partial charge in [0.05, 0.1) is 0 Å². The first-order valence-electron chi connectivity index (χ1n) is 12.2. The van der Waals surface area contributed by atoms with E-state index < -0.39 is 23.7 Å². The molecule has 5 rings (SSSR count). The van der Waals surface area contributed by atoms with Crippen molar-refractivity contribution >= 4 is 17.5 Å². The predicted octanol–water partition coefficient (Wildman–Crippen LogP) is 4.12. The predicted molar refractivity (Wildman–Crippen MR) is 131 cm³/mol. The van der Waals surface area contributed by atoms with Crippen LogP contribution in [0.1, 0.15) is 49.0 Å². The highest BCUT2D eigenvalue weighted by atomic mass is 19.1. The highest BCUT2D eigenvalue weighted by Gasteiger charge is 2.37. The van der Waals surface area contributed by atoms with Crippen molar-refractivity contribution in [1.82, 2.24) is 25.5 Å². The summed E-state index contributed by atoms with van der Waals surface area (Å²) in [6, 6.07) is 11.2. The third kappa shape index (κ3) is 5.45. The van der Waals surface area contributed by atoms with E-state index in [-0.39, 0.29) is 29.9 Å². The summed E-state index contributed by atoms with van der Waals surface area (Å²) in [6.07, 6.45) is 3.78. The summed E-state index contributed by atoms with van der Waals surface area (Å²) >= 11 is 0. The molecule has 1 aliphatic rings. The standard InChI is InChI=1S/C26H27FN6O4/c1-16-10-12-21(36-16)24(26(35)28-19-7-3-4-8-19)33(20-9-5-6-18(27)14-20)23(34)15-32-30-25(29-31-32)22-13-11-17(2)37-22/h5-6,9-14,19,24H,3-4,7-8,15H2,1-2H3,(H,28,35). The van der Waals surface area contributed by atoms with Gasteiger partial charge in [-0.2, -0.15) is 4.80 Å². The van der Waals surface area contributed by atoms with Gasteiger partial charge in [0.2, 0.25) is 5.82 Å². The number of benzene rings is 1. The van der Waals surface area contributed by atoms with Gasteiger partial charge in [-0.25, -0.2) is 4.39 Å². The van der Waals surface area contributed by atoms with Gasteiger partial charge in [-0.3, -0.25) is 14.5 Å². The summed E-state index contributed by atoms with van der Waals surface area (Å²) < 4.78 is 25.6. The molecule has 0 radical (unpaired) electrons. The van der Waals surface area contributed by atoms with Gasteiger partial charge in [0, 0.05) is 11.7 Å². The molecule has 192 valence electrons. The van der Waals surface area contributed by atoms with Gasteiger partial charge in [-0.15, -0.1) is 10.2 Å². The number of hydrogen-bond acceptors (Lipinski definition) is 7. The average molecular weight is 507 g/mol. The van der Waals surface area contributed by atoms with Gasteiger partial charge in [0.25, 0.3) is 11.8 Å². The summed E-state index contributed by atoms with van der Waals surface area (Å²) in [4.78, 5) is 29.7. The molecular weight excluding hydrogens is 479 g/mol. The second-order valence-electron chi connectivity index (χ2n) is 9.14. The lowest BCUT2D eigenvalue weighted by atomic mass is 10.1. The van der Waals surface area contributed by atoms with Crippen molar-refractivity contribution in [2.75, 3.05) is 4.90 Å². The Hall–Kier alpha value is -4.28. The molecule has 1 saturated carbocycles. The molecule has 2 amide bonds. The second kappa shape index (κ2) is 10.4. The number of amides is 2. The Morgan fingerprint density at radius 2 is 1.86 bits per heavy atom. The van der Waals surface area contributed by atoms with Crippen LogP contribution in [0.4, 0.5) is 10.1 Å². The zero-order valence-electron chi connectivity index (χ0n) is 20.6. The number of nitrogens with one attached hydrogen (secondary N) is 1. The summed E-state index contributed by atoms with van der Waals surface area (Å²) in [6.45, 7) is 3.19. The Bertz CT molecular complexity index is 1400. The van der Waals surface area contributed by atoms with Crippen LogP contribution >= 0.6 is 0 Å². The SMILES string of the molecule is Cc1ccc(-c2nnn(CC(=O)N(c3cccc(F)c3)C(C(=O)NC3CCCC3)c3ccc(C)o3)n2)o1. The molecule has 1 atom stereocenters. The highest BCUT2D eigenvalue weighted by Crippen LogP contribution is 2.31. The molecular formula is C26H27FN6O4. The van der Waals surface area contributed by atoms with Crippen molar-refractivity contribution in [2.24, 2.45) is 0 Å². The van der Waals surface area contributed by atoms with Crippen LogP contribution in [0.25, 0.3) is 11.6 Å². The topological polar surface area (TPSA) is 119 Å². The van der Waals surface area contributed by atoms with Gasteiger partial charge >= 0.3 is 0 Å². The quantitative estimate of drug-likeness (QED) is 0.382. The summed E-state index contributed by atoms with van der Waals surface area (Å²) in [7, 11) is 0. The molecule has 37 heavy (non-hydrogen) atoms. The zero-order chi connectivity index (χ0) is 25.9. The van der Waals surface area contributed by atoms with E-state index in [1.807, 2.05) is 0 Å². The summed E-state index contributed by atoms with van der Waals surface area (Å²) in [5.41, 5.74) is 0.202. The Balaban J connectivity index is 1.49. The van der Waals surface area contributed by atoms with Crippen LogP contribution in [-0.4, -0.2) is 38.1 Å². The van der Waals surface area contributed by atoms with Gasteiger partial charge in [-0.1, -0.05) is 18.9 Å². The van der Waals surface area contributed by atoms with Crippen molar-refractivity contribution < 1.29 is 22.8 Å². The number of carbonyl (C=O) groups excluding carboxylic acids is 2. The van der Waals surface area contributed by atoms with Crippen molar-refractivity contribution in [3.8, 4) is 11.6 Å². The van der Waals surface area contributed by atoms with E-state index in [4.69, 9.17) is 8.83 Å². The number of hydrogen-bond donors (Lipinski definition) is 1. The van der Waals surface area contributed by atoms with E-state index in [1.54, 1.807) is 44.2 Å². The van der Waals surface area contributed by atoms with E-state index in [0.29, 0.717) is 17.3 Å². The van der Waals surface area contributed by atoms with Crippen molar-refractivity contribution in [2.45, 2.75) is 58.2 Å². The minimum absolute atomic E-state index is 0.00631. The number of nitrogens with zero attached hydrogens (tertiary/aromatic N) is 5. The fourth-order valence-corrected chi connectivity index (χ4v) is 4.55. The lowest BCUT2D eigenvalue weighted by molar-refractivity contribution is -0.128. The molecule has 1 aliphatic carbocycles. The number of furan rings is 2. The lowest BCUT2D eigenvalue weighted by Crippen LogP contribution is -2.47. The first-order valence-corrected chi connectivity index (χ1v) is 12.2. The minimum Gasteiger partial charge on any atom is -0.464 e. The molecule has 11 heteroatoms. The van der Waals surface area contributed by atoms with E-state index in [2.05, 4.69) is 20.7 Å². The van der Waals surface area contributed by atoms with E-state index in [0.717, 1.165) is 30.5 Å². The minimum atomic E-state index is -1.17. The average Bonchev–Trinajstić information content (AvgIpc) is 3.66. The second-order valence-corrected chi connectivity index (χ2v) is 9.14. The maximum atomic E-state index is 14.3. The van der Waals surface area contributed by atoms with Crippen LogP contribution in [-0.2, 0) is 16.1 Å². The molecule has 4 aromatic rings.